The van der Waals surface area contributed by atoms with Crippen LogP contribution in [-0.2, 0) is 9.84 Å². The molecule has 8 heteroatoms. The first kappa shape index (κ1) is 20.3. The minimum absolute atomic E-state index is 0.142. The fraction of sp³-hybridized carbons (Fsp3) is 0.278. The molecule has 0 bridgehead atoms. The van der Waals surface area contributed by atoms with Crippen LogP contribution < -0.4 is 14.8 Å². The third-order valence-corrected chi connectivity index (χ3v) is 5.36. The summed E-state index contributed by atoms with van der Waals surface area (Å²) >= 11 is 3.38. The van der Waals surface area contributed by atoms with Gasteiger partial charge in [0.05, 0.1) is 23.1 Å². The molecule has 0 spiro atoms. The minimum atomic E-state index is -3.37. The van der Waals surface area contributed by atoms with Gasteiger partial charge in [-0.25, -0.2) is 8.42 Å². The van der Waals surface area contributed by atoms with Crippen molar-refractivity contribution in [1.29, 1.82) is 0 Å². The van der Waals surface area contributed by atoms with Gasteiger partial charge in [0.1, 0.15) is 0 Å². The monoisotopic (exact) mass is 441 g/mol. The number of nitrogens with one attached hydrogen (secondary N) is 1. The number of amides is 1. The molecule has 26 heavy (non-hydrogen) atoms. The molecular formula is C18H20BrNO5S. The van der Waals surface area contributed by atoms with Crippen LogP contribution in [0, 0.1) is 6.92 Å². The summed E-state index contributed by atoms with van der Waals surface area (Å²) in [5, 5.41) is 2.75. The number of halogens is 1. The Morgan fingerprint density at radius 2 is 1.92 bits per heavy atom. The van der Waals surface area contributed by atoms with Gasteiger partial charge in [0.15, 0.2) is 21.3 Å². The molecule has 0 heterocycles. The van der Waals surface area contributed by atoms with Crippen molar-refractivity contribution in [2.24, 2.45) is 0 Å². The second-order valence-corrected chi connectivity index (χ2v) is 8.50. The van der Waals surface area contributed by atoms with E-state index < -0.39 is 9.84 Å². The maximum Gasteiger partial charge on any atom is 0.255 e. The third kappa shape index (κ3) is 4.56. The number of sulfone groups is 1. The summed E-state index contributed by atoms with van der Waals surface area (Å²) in [5.74, 6) is 0.551. The molecule has 0 aliphatic heterocycles. The molecule has 0 aromatic heterocycles. The molecule has 0 saturated carbocycles. The van der Waals surface area contributed by atoms with Gasteiger partial charge >= 0.3 is 0 Å². The number of methoxy groups -OCH3 is 1. The molecule has 0 saturated heterocycles. The average molecular weight is 442 g/mol. The lowest BCUT2D eigenvalue weighted by Crippen LogP contribution is -2.14. The van der Waals surface area contributed by atoms with E-state index in [1.165, 1.54) is 19.2 Å². The lowest BCUT2D eigenvalue weighted by Gasteiger charge is -2.14. The van der Waals surface area contributed by atoms with E-state index in [1.807, 2.05) is 6.92 Å². The van der Waals surface area contributed by atoms with Crippen molar-refractivity contribution < 1.29 is 22.7 Å². The standard InChI is InChI=1S/C18H20BrNO5S/c1-5-25-17-14(19)8-12(9-16(17)24-3)18(21)20-15-10-13(26(4,22)23)7-6-11(15)2/h6-10H,5H2,1-4H3,(H,20,21). The van der Waals surface area contributed by atoms with Gasteiger partial charge in [-0.15, -0.1) is 0 Å². The summed E-state index contributed by atoms with van der Waals surface area (Å²) in [4.78, 5) is 12.8. The fourth-order valence-corrected chi connectivity index (χ4v) is 3.50. The van der Waals surface area contributed by atoms with Crippen molar-refractivity contribution in [2.75, 3.05) is 25.3 Å². The van der Waals surface area contributed by atoms with Crippen LogP contribution in [0.1, 0.15) is 22.8 Å². The van der Waals surface area contributed by atoms with Gasteiger partial charge in [-0.2, -0.15) is 0 Å². The summed E-state index contributed by atoms with van der Waals surface area (Å²) in [6.45, 7) is 4.10. The average Bonchev–Trinajstić information content (AvgIpc) is 2.57. The molecule has 1 amide bonds. The maximum absolute atomic E-state index is 12.6. The Labute approximate surface area is 161 Å². The molecule has 1 N–H and O–H groups in total. The van der Waals surface area contributed by atoms with Crippen LogP contribution in [0.2, 0.25) is 0 Å². The SMILES string of the molecule is CCOc1c(Br)cc(C(=O)Nc2cc(S(C)(=O)=O)ccc2C)cc1OC. The Kier molecular flexibility index (Phi) is 6.30. The van der Waals surface area contributed by atoms with Gasteiger partial charge in [-0.05, 0) is 59.6 Å². The van der Waals surface area contributed by atoms with E-state index in [4.69, 9.17) is 9.47 Å². The summed E-state index contributed by atoms with van der Waals surface area (Å²) < 4.78 is 34.9. The Hall–Kier alpha value is -2.06. The molecule has 0 unspecified atom stereocenters. The van der Waals surface area contributed by atoms with Gasteiger partial charge in [-0.3, -0.25) is 4.79 Å². The Morgan fingerprint density at radius 3 is 2.50 bits per heavy atom. The number of anilines is 1. The van der Waals surface area contributed by atoms with Crippen LogP contribution in [0.4, 0.5) is 5.69 Å². The quantitative estimate of drug-likeness (QED) is 0.736. The molecule has 0 radical (unpaired) electrons. The zero-order valence-electron chi connectivity index (χ0n) is 14.9. The molecule has 2 rings (SSSR count). The summed E-state index contributed by atoms with van der Waals surface area (Å²) in [6, 6.07) is 7.81. The Bertz CT molecular complexity index is 941. The largest absolute Gasteiger partial charge is 0.493 e. The molecule has 2 aromatic carbocycles. The van der Waals surface area contributed by atoms with Gasteiger partial charge in [0.25, 0.3) is 5.91 Å². The van der Waals surface area contributed by atoms with Gasteiger partial charge < -0.3 is 14.8 Å². The number of ether oxygens (including phenoxy) is 2. The van der Waals surface area contributed by atoms with Crippen molar-refractivity contribution in [2.45, 2.75) is 18.7 Å². The van der Waals surface area contributed by atoms with Crippen LogP contribution in [-0.4, -0.2) is 34.3 Å². The van der Waals surface area contributed by atoms with Crippen molar-refractivity contribution >= 4 is 37.4 Å². The second kappa shape index (κ2) is 8.09. The van der Waals surface area contributed by atoms with Gasteiger partial charge in [0.2, 0.25) is 0 Å². The minimum Gasteiger partial charge on any atom is -0.493 e. The highest BCUT2D eigenvalue weighted by Crippen LogP contribution is 2.37. The molecule has 0 aliphatic carbocycles. The van der Waals surface area contributed by atoms with Crippen LogP contribution >= 0.6 is 15.9 Å². The van der Waals surface area contributed by atoms with E-state index in [0.29, 0.717) is 33.8 Å². The van der Waals surface area contributed by atoms with Crippen molar-refractivity contribution in [3.8, 4) is 11.5 Å². The van der Waals surface area contributed by atoms with Crippen molar-refractivity contribution in [3.63, 3.8) is 0 Å². The van der Waals surface area contributed by atoms with E-state index in [9.17, 15) is 13.2 Å². The third-order valence-electron chi connectivity index (χ3n) is 3.67. The number of hydrogen-bond acceptors (Lipinski definition) is 5. The normalized spacial score (nSPS) is 11.1. The predicted molar refractivity (Wildman–Crippen MR) is 104 cm³/mol. The molecule has 0 fully saturated rings. The van der Waals surface area contributed by atoms with Crippen molar-refractivity contribution in [1.82, 2.24) is 0 Å². The summed E-state index contributed by atoms with van der Waals surface area (Å²) in [5.41, 5.74) is 1.53. The first-order valence-corrected chi connectivity index (χ1v) is 10.5. The fourth-order valence-electron chi connectivity index (χ4n) is 2.30. The number of rotatable bonds is 6. The zero-order chi connectivity index (χ0) is 19.5. The van der Waals surface area contributed by atoms with E-state index in [1.54, 1.807) is 25.1 Å². The molecule has 140 valence electrons. The van der Waals surface area contributed by atoms with Crippen LogP contribution in [0.25, 0.3) is 0 Å². The van der Waals surface area contributed by atoms with E-state index in [2.05, 4.69) is 21.2 Å². The number of aryl methyl sites for hydroxylation is 1. The van der Waals surface area contributed by atoms with Crippen LogP contribution in [0.5, 0.6) is 11.5 Å². The first-order chi connectivity index (χ1) is 12.2. The molecular weight excluding hydrogens is 422 g/mol. The highest BCUT2D eigenvalue weighted by molar-refractivity contribution is 9.10. The number of hydrogen-bond donors (Lipinski definition) is 1. The number of carbonyl (C=O) groups is 1. The number of carbonyl (C=O) groups excluding carboxylic acids is 1. The van der Waals surface area contributed by atoms with E-state index >= 15 is 0 Å². The molecule has 6 nitrogen and oxygen atoms in total. The zero-order valence-corrected chi connectivity index (χ0v) is 17.3. The van der Waals surface area contributed by atoms with Crippen LogP contribution in [0.15, 0.2) is 39.7 Å². The molecule has 0 aliphatic rings. The Morgan fingerprint density at radius 1 is 1.23 bits per heavy atom. The van der Waals surface area contributed by atoms with Gasteiger partial charge in [-0.1, -0.05) is 6.07 Å². The first-order valence-electron chi connectivity index (χ1n) is 7.79. The molecule has 2 aromatic rings. The lowest BCUT2D eigenvalue weighted by molar-refractivity contribution is 0.102. The highest BCUT2D eigenvalue weighted by atomic mass is 79.9. The Balaban J connectivity index is 2.38. The van der Waals surface area contributed by atoms with E-state index in [0.717, 1.165) is 11.8 Å². The lowest BCUT2D eigenvalue weighted by atomic mass is 10.1. The van der Waals surface area contributed by atoms with Gasteiger partial charge in [0, 0.05) is 17.5 Å². The van der Waals surface area contributed by atoms with Crippen LogP contribution in [0.3, 0.4) is 0 Å². The topological polar surface area (TPSA) is 81.7 Å². The summed E-state index contributed by atoms with van der Waals surface area (Å²) in [7, 11) is -1.88. The highest BCUT2D eigenvalue weighted by Gasteiger charge is 2.17. The molecule has 0 atom stereocenters. The predicted octanol–water partition coefficient (Wildman–Crippen LogP) is 3.82. The summed E-state index contributed by atoms with van der Waals surface area (Å²) in [6.07, 6.45) is 1.12. The maximum atomic E-state index is 12.6. The van der Waals surface area contributed by atoms with E-state index in [-0.39, 0.29) is 10.8 Å². The van der Waals surface area contributed by atoms with Crippen molar-refractivity contribution in [3.05, 3.63) is 45.9 Å². The second-order valence-electron chi connectivity index (χ2n) is 5.63. The number of benzene rings is 2. The smallest absolute Gasteiger partial charge is 0.255 e.